The summed E-state index contributed by atoms with van der Waals surface area (Å²) in [4.78, 5) is 82.9. The minimum Gasteiger partial charge on any atom is -0.507 e. The highest BCUT2D eigenvalue weighted by atomic mass is 32.2. The molecule has 0 amide bonds. The van der Waals surface area contributed by atoms with Crippen molar-refractivity contribution < 1.29 is 68.5 Å². The van der Waals surface area contributed by atoms with Gasteiger partial charge < -0.3 is 39.7 Å². The average Bonchev–Trinajstić information content (AvgIpc) is 3.02. The maximum Gasteiger partial charge on any atom is 0.308 e. The summed E-state index contributed by atoms with van der Waals surface area (Å²) >= 11 is 0.332. The first kappa shape index (κ1) is 33.7. The number of phenols is 2. The van der Waals surface area contributed by atoms with Crippen molar-refractivity contribution in [2.24, 2.45) is 0 Å². The Morgan fingerprint density at radius 2 is 1.19 bits per heavy atom. The second-order valence-corrected chi connectivity index (χ2v) is 14.2. The molecule has 2 aliphatic carbocycles. The van der Waals surface area contributed by atoms with Gasteiger partial charge in [0.1, 0.15) is 21.0 Å². The molecule has 2 aliphatic heterocycles. The molecule has 2 heterocycles. The first-order valence-electron chi connectivity index (χ1n) is 15.1. The Morgan fingerprint density at radius 1 is 0.771 bits per heavy atom. The Kier molecular flexibility index (Phi) is 7.87. The number of carbonyl (C=O) groups is 6. The fourth-order valence-electron chi connectivity index (χ4n) is 7.83. The number of thioether (sulfide) groups is 1. The van der Waals surface area contributed by atoms with Gasteiger partial charge in [0, 0.05) is 11.1 Å². The number of hydrogen-bond donors (Lipinski definition) is 5. The van der Waals surface area contributed by atoms with Gasteiger partial charge in [0.15, 0.2) is 22.8 Å². The van der Waals surface area contributed by atoms with Crippen LogP contribution in [-0.2, 0) is 23.8 Å². The van der Waals surface area contributed by atoms with E-state index in [0.29, 0.717) is 11.8 Å². The summed E-state index contributed by atoms with van der Waals surface area (Å²) in [7, 11) is 1.12. The SMILES string of the molecule is COC(=O)C[C@H]1C[C@@]2(S[C@@]34C[C@H](CC(=O)O)O[C@@H](C)[C@@]3(O)C(=O)c3c(O)cccc3C4=O)C(=O)c3cccc(O)c3C(=O)[C@@]2(O)[C@@H](C)O1. The lowest BCUT2D eigenvalue weighted by Gasteiger charge is -2.61. The zero-order valence-electron chi connectivity index (χ0n) is 25.9. The quantitative estimate of drug-likeness (QED) is 0.272. The first-order chi connectivity index (χ1) is 22.5. The molecular formula is C33H32O14S. The standard InChI is InChI=1S/C33H32O14S/c1-14-32(43)28(41)24-18(6-4-8-20(24)34)26(39)30(32,12-16(46-14)10-22(36)37)48-31-13-17(11-23(38)45-3)47-15(2)33(31,44)29(42)25-19(27(31)40)7-5-9-21(25)35/h4-9,14-17,34-35,43-44H,10-13H2,1-3H3,(H,36,37)/t14-,15+,16-,17-,30+,31+,32+,33-/m0/s1. The molecule has 2 aromatic rings. The molecule has 8 atom stereocenters. The van der Waals surface area contributed by atoms with Crippen molar-refractivity contribution >= 4 is 46.8 Å². The zero-order chi connectivity index (χ0) is 35.1. The minimum absolute atomic E-state index is 0.332. The number of ether oxygens (including phenoxy) is 3. The van der Waals surface area contributed by atoms with Crippen molar-refractivity contribution in [3.8, 4) is 11.5 Å². The van der Waals surface area contributed by atoms with Crippen molar-refractivity contribution in [3.05, 3.63) is 58.7 Å². The van der Waals surface area contributed by atoms with Gasteiger partial charge in [0.25, 0.3) is 0 Å². The number of Topliss-reactive ketones (excluding diaryl/α,β-unsaturated/α-hetero) is 4. The molecule has 14 nitrogen and oxygen atoms in total. The van der Waals surface area contributed by atoms with E-state index in [-0.39, 0.29) is 11.1 Å². The first-order valence-corrected chi connectivity index (χ1v) is 15.9. The molecule has 2 saturated heterocycles. The number of carboxylic acids is 1. The van der Waals surface area contributed by atoms with Gasteiger partial charge in [0.2, 0.25) is 11.6 Å². The van der Waals surface area contributed by atoms with E-state index in [9.17, 15) is 54.3 Å². The number of esters is 1. The van der Waals surface area contributed by atoms with Gasteiger partial charge >= 0.3 is 11.9 Å². The molecule has 0 spiro atoms. The maximum absolute atomic E-state index is 14.9. The summed E-state index contributed by atoms with van der Waals surface area (Å²) in [5.41, 5.74) is -7.49. The zero-order valence-corrected chi connectivity index (χ0v) is 26.7. The van der Waals surface area contributed by atoms with Crippen LogP contribution in [0.1, 0.15) is 81.0 Å². The molecule has 15 heteroatoms. The number of aromatic hydroxyl groups is 2. The molecular weight excluding hydrogens is 652 g/mol. The third-order valence-corrected chi connectivity index (χ3v) is 12.1. The Bertz CT molecular complexity index is 1810. The Labute approximate surface area is 277 Å². The van der Waals surface area contributed by atoms with Crippen molar-refractivity contribution in [3.63, 3.8) is 0 Å². The van der Waals surface area contributed by atoms with Crippen LogP contribution in [0.15, 0.2) is 36.4 Å². The van der Waals surface area contributed by atoms with Crippen LogP contribution in [0.3, 0.4) is 0 Å². The molecule has 0 unspecified atom stereocenters. The second-order valence-electron chi connectivity index (χ2n) is 12.6. The lowest BCUT2D eigenvalue weighted by Crippen LogP contribution is -2.79. The van der Waals surface area contributed by atoms with Crippen LogP contribution < -0.4 is 0 Å². The molecule has 0 radical (unpaired) electrons. The Hall–Kier alpha value is -4.15. The van der Waals surface area contributed by atoms with E-state index < -0.39 is 128 Å². The number of ketones is 4. The fourth-order valence-corrected chi connectivity index (χ4v) is 10.2. The summed E-state index contributed by atoms with van der Waals surface area (Å²) < 4.78 is 11.5. The van der Waals surface area contributed by atoms with E-state index in [4.69, 9.17) is 14.2 Å². The predicted molar refractivity (Wildman–Crippen MR) is 163 cm³/mol. The summed E-state index contributed by atoms with van der Waals surface area (Å²) in [6, 6.07) is 7.31. The summed E-state index contributed by atoms with van der Waals surface area (Å²) in [6.07, 6.45) is -8.20. The van der Waals surface area contributed by atoms with Crippen LogP contribution >= 0.6 is 11.8 Å². The second kappa shape index (κ2) is 11.2. The summed E-state index contributed by atoms with van der Waals surface area (Å²) in [6.45, 7) is 2.50. The lowest BCUT2D eigenvalue weighted by atomic mass is 9.63. The van der Waals surface area contributed by atoms with E-state index in [1.807, 2.05) is 0 Å². The molecule has 0 aromatic heterocycles. The number of carbonyl (C=O) groups excluding carboxylic acids is 5. The maximum atomic E-state index is 14.9. The van der Waals surface area contributed by atoms with E-state index in [1.54, 1.807) is 0 Å². The normalized spacial score (nSPS) is 35.6. The molecule has 6 rings (SSSR count). The predicted octanol–water partition coefficient (Wildman–Crippen LogP) is 1.62. The highest BCUT2D eigenvalue weighted by Crippen LogP contribution is 2.64. The van der Waals surface area contributed by atoms with Crippen LogP contribution in [0.2, 0.25) is 0 Å². The highest BCUT2D eigenvalue weighted by molar-refractivity contribution is 8.03. The number of hydrogen-bond acceptors (Lipinski definition) is 14. The topological polar surface area (TPSA) is 231 Å². The number of aliphatic hydroxyl groups is 2. The smallest absolute Gasteiger partial charge is 0.308 e. The molecule has 2 fully saturated rings. The number of carboxylic acid groups (broad SMARTS) is 1. The van der Waals surface area contributed by atoms with Crippen molar-refractivity contribution in [1.82, 2.24) is 0 Å². The largest absolute Gasteiger partial charge is 0.507 e. The average molecular weight is 685 g/mol. The van der Waals surface area contributed by atoms with Gasteiger partial charge in [-0.2, -0.15) is 0 Å². The Balaban J connectivity index is 1.67. The number of aliphatic carboxylic acids is 1. The van der Waals surface area contributed by atoms with Gasteiger partial charge in [-0.3, -0.25) is 28.8 Å². The molecule has 4 aliphatic rings. The van der Waals surface area contributed by atoms with E-state index in [0.717, 1.165) is 19.2 Å². The van der Waals surface area contributed by atoms with E-state index in [1.165, 1.54) is 38.1 Å². The third-order valence-electron chi connectivity index (χ3n) is 10.1. The number of fused-ring (bicyclic) bond motifs is 4. The van der Waals surface area contributed by atoms with Crippen LogP contribution in [0.5, 0.6) is 11.5 Å². The van der Waals surface area contributed by atoms with E-state index >= 15 is 0 Å². The third kappa shape index (κ3) is 4.27. The molecule has 48 heavy (non-hydrogen) atoms. The number of benzene rings is 2. The molecule has 254 valence electrons. The van der Waals surface area contributed by atoms with Crippen molar-refractivity contribution in [2.75, 3.05) is 7.11 Å². The van der Waals surface area contributed by atoms with Crippen LogP contribution in [0.25, 0.3) is 0 Å². The van der Waals surface area contributed by atoms with Crippen molar-refractivity contribution in [2.45, 2.75) is 84.6 Å². The monoisotopic (exact) mass is 684 g/mol. The number of phenolic OH excluding ortho intramolecular Hbond substituents is 2. The van der Waals surface area contributed by atoms with Gasteiger partial charge in [-0.1, -0.05) is 24.3 Å². The highest BCUT2D eigenvalue weighted by Gasteiger charge is 2.78. The Morgan fingerprint density at radius 3 is 1.58 bits per heavy atom. The molecule has 0 saturated carbocycles. The summed E-state index contributed by atoms with van der Waals surface area (Å²) in [5.74, 6) is -7.64. The fraction of sp³-hybridized carbons (Fsp3) is 0.455. The van der Waals surface area contributed by atoms with Crippen LogP contribution in [0, 0.1) is 0 Å². The van der Waals surface area contributed by atoms with Gasteiger partial charge in [-0.05, 0) is 38.8 Å². The number of methoxy groups -OCH3 is 1. The summed E-state index contributed by atoms with van der Waals surface area (Å²) in [5, 5.41) is 56.3. The van der Waals surface area contributed by atoms with Crippen molar-refractivity contribution in [1.29, 1.82) is 0 Å². The molecule has 2 aromatic carbocycles. The number of rotatable bonds is 6. The molecule has 5 N–H and O–H groups in total. The van der Waals surface area contributed by atoms with E-state index in [2.05, 4.69) is 0 Å². The molecule has 0 bridgehead atoms. The van der Waals surface area contributed by atoms with Gasteiger partial charge in [0.05, 0.1) is 55.5 Å². The minimum atomic E-state index is -2.90. The lowest BCUT2D eigenvalue weighted by molar-refractivity contribution is -0.172. The van der Waals surface area contributed by atoms with Gasteiger partial charge in [-0.25, -0.2) is 0 Å². The van der Waals surface area contributed by atoms with Crippen LogP contribution in [-0.4, -0.2) is 113 Å². The van der Waals surface area contributed by atoms with Crippen LogP contribution in [0.4, 0.5) is 0 Å². The van der Waals surface area contributed by atoms with Gasteiger partial charge in [-0.15, -0.1) is 11.8 Å².